The first-order chi connectivity index (χ1) is 9.24. The molecule has 0 saturated carbocycles. The van der Waals surface area contributed by atoms with Crippen LogP contribution in [-0.4, -0.2) is 16.5 Å². The lowest BCUT2D eigenvalue weighted by molar-refractivity contribution is 0.875. The molecule has 0 bridgehead atoms. The van der Waals surface area contributed by atoms with Crippen LogP contribution in [0.3, 0.4) is 0 Å². The fourth-order valence-corrected chi connectivity index (χ4v) is 2.38. The van der Waals surface area contributed by atoms with Crippen molar-refractivity contribution in [3.63, 3.8) is 0 Å². The maximum atomic E-state index is 4.66. The standard InChI is InChI=1S/C15H18BrN3/c1-3-7-11-10-14(17-4-2)19-15(18-11)12-8-5-6-9-13(12)16/h5-6,8-10H,3-4,7H2,1-2H3,(H,17,18,19). The lowest BCUT2D eigenvalue weighted by atomic mass is 10.2. The lowest BCUT2D eigenvalue weighted by Crippen LogP contribution is -2.04. The van der Waals surface area contributed by atoms with Crippen LogP contribution in [0.2, 0.25) is 0 Å². The molecule has 0 spiro atoms. The Kier molecular flexibility index (Phi) is 4.91. The van der Waals surface area contributed by atoms with Gasteiger partial charge in [0.05, 0.1) is 0 Å². The quantitative estimate of drug-likeness (QED) is 0.893. The number of hydrogen-bond donors (Lipinski definition) is 1. The Hall–Kier alpha value is -1.42. The van der Waals surface area contributed by atoms with Gasteiger partial charge in [-0.2, -0.15) is 0 Å². The van der Waals surface area contributed by atoms with Crippen molar-refractivity contribution in [1.29, 1.82) is 0 Å². The Morgan fingerprint density at radius 1 is 1.16 bits per heavy atom. The zero-order valence-corrected chi connectivity index (χ0v) is 12.9. The largest absolute Gasteiger partial charge is 0.370 e. The second kappa shape index (κ2) is 6.66. The van der Waals surface area contributed by atoms with Gasteiger partial charge in [0, 0.05) is 28.3 Å². The number of aryl methyl sites for hydroxylation is 1. The van der Waals surface area contributed by atoms with Gasteiger partial charge in [-0.3, -0.25) is 0 Å². The molecule has 0 unspecified atom stereocenters. The number of hydrogen-bond acceptors (Lipinski definition) is 3. The molecular weight excluding hydrogens is 302 g/mol. The summed E-state index contributed by atoms with van der Waals surface area (Å²) in [5.74, 6) is 1.67. The third-order valence-corrected chi connectivity index (χ3v) is 3.45. The van der Waals surface area contributed by atoms with Gasteiger partial charge in [-0.25, -0.2) is 9.97 Å². The molecule has 0 amide bonds. The summed E-state index contributed by atoms with van der Waals surface area (Å²) in [4.78, 5) is 9.24. The molecule has 1 aromatic carbocycles. The van der Waals surface area contributed by atoms with E-state index in [1.165, 1.54) is 0 Å². The van der Waals surface area contributed by atoms with Crippen molar-refractivity contribution in [3.05, 3.63) is 40.5 Å². The minimum absolute atomic E-state index is 0.773. The van der Waals surface area contributed by atoms with E-state index in [4.69, 9.17) is 0 Å². The van der Waals surface area contributed by atoms with Crippen molar-refractivity contribution in [3.8, 4) is 11.4 Å². The van der Waals surface area contributed by atoms with Gasteiger partial charge in [0.25, 0.3) is 0 Å². The average molecular weight is 320 g/mol. The molecule has 100 valence electrons. The molecule has 0 atom stereocenters. The molecule has 0 aliphatic heterocycles. The molecule has 1 heterocycles. The summed E-state index contributed by atoms with van der Waals surface area (Å²) < 4.78 is 1.02. The normalized spacial score (nSPS) is 10.5. The predicted octanol–water partition coefficient (Wildman–Crippen LogP) is 4.29. The van der Waals surface area contributed by atoms with Crippen LogP contribution in [0.5, 0.6) is 0 Å². The van der Waals surface area contributed by atoms with E-state index in [2.05, 4.69) is 45.1 Å². The van der Waals surface area contributed by atoms with E-state index in [0.29, 0.717) is 0 Å². The second-order valence-electron chi connectivity index (χ2n) is 4.33. The summed E-state index contributed by atoms with van der Waals surface area (Å²) in [5.41, 5.74) is 2.11. The summed E-state index contributed by atoms with van der Waals surface area (Å²) in [6.45, 7) is 5.09. The molecule has 0 radical (unpaired) electrons. The van der Waals surface area contributed by atoms with Gasteiger partial charge < -0.3 is 5.32 Å². The SMILES string of the molecule is CCCc1cc(NCC)nc(-c2ccccc2Br)n1. The van der Waals surface area contributed by atoms with E-state index < -0.39 is 0 Å². The molecule has 2 rings (SSSR count). The number of benzene rings is 1. The molecule has 2 aromatic rings. The number of halogens is 1. The summed E-state index contributed by atoms with van der Waals surface area (Å²) in [5, 5.41) is 3.27. The Morgan fingerprint density at radius 2 is 1.95 bits per heavy atom. The third kappa shape index (κ3) is 3.53. The predicted molar refractivity (Wildman–Crippen MR) is 83.3 cm³/mol. The first-order valence-electron chi connectivity index (χ1n) is 6.61. The van der Waals surface area contributed by atoms with Crippen LogP contribution in [0.1, 0.15) is 26.0 Å². The molecule has 19 heavy (non-hydrogen) atoms. The fourth-order valence-electron chi connectivity index (χ4n) is 1.92. The zero-order chi connectivity index (χ0) is 13.7. The van der Waals surface area contributed by atoms with E-state index in [1.807, 2.05) is 30.3 Å². The molecule has 0 aliphatic carbocycles. The highest BCUT2D eigenvalue weighted by atomic mass is 79.9. The average Bonchev–Trinajstić information content (AvgIpc) is 2.40. The van der Waals surface area contributed by atoms with E-state index in [-0.39, 0.29) is 0 Å². The smallest absolute Gasteiger partial charge is 0.162 e. The highest BCUT2D eigenvalue weighted by Gasteiger charge is 2.09. The van der Waals surface area contributed by atoms with Crippen LogP contribution < -0.4 is 5.32 Å². The number of nitrogens with one attached hydrogen (secondary N) is 1. The Morgan fingerprint density at radius 3 is 2.63 bits per heavy atom. The zero-order valence-electron chi connectivity index (χ0n) is 11.3. The van der Waals surface area contributed by atoms with Crippen molar-refractivity contribution in [2.75, 3.05) is 11.9 Å². The van der Waals surface area contributed by atoms with Crippen LogP contribution in [-0.2, 0) is 6.42 Å². The molecule has 1 N–H and O–H groups in total. The van der Waals surface area contributed by atoms with E-state index in [0.717, 1.165) is 46.8 Å². The van der Waals surface area contributed by atoms with Crippen LogP contribution in [0.15, 0.2) is 34.8 Å². The summed E-state index contributed by atoms with van der Waals surface area (Å²) >= 11 is 3.56. The highest BCUT2D eigenvalue weighted by Crippen LogP contribution is 2.26. The lowest BCUT2D eigenvalue weighted by Gasteiger charge is -2.09. The van der Waals surface area contributed by atoms with Crippen LogP contribution in [0, 0.1) is 0 Å². The monoisotopic (exact) mass is 319 g/mol. The highest BCUT2D eigenvalue weighted by molar-refractivity contribution is 9.10. The third-order valence-electron chi connectivity index (χ3n) is 2.76. The van der Waals surface area contributed by atoms with E-state index >= 15 is 0 Å². The summed E-state index contributed by atoms with van der Waals surface area (Å²) in [7, 11) is 0. The van der Waals surface area contributed by atoms with Crippen LogP contribution in [0.25, 0.3) is 11.4 Å². The van der Waals surface area contributed by atoms with Crippen molar-refractivity contribution >= 4 is 21.7 Å². The number of nitrogens with zero attached hydrogens (tertiary/aromatic N) is 2. The van der Waals surface area contributed by atoms with Gasteiger partial charge in [0.15, 0.2) is 5.82 Å². The minimum Gasteiger partial charge on any atom is -0.370 e. The van der Waals surface area contributed by atoms with Gasteiger partial charge in [0.1, 0.15) is 5.82 Å². The summed E-state index contributed by atoms with van der Waals surface area (Å²) in [6, 6.07) is 10.1. The van der Waals surface area contributed by atoms with Gasteiger partial charge in [-0.05, 0) is 19.4 Å². The van der Waals surface area contributed by atoms with Gasteiger partial charge in [-0.1, -0.05) is 47.5 Å². The van der Waals surface area contributed by atoms with Crippen molar-refractivity contribution in [2.45, 2.75) is 26.7 Å². The fraction of sp³-hybridized carbons (Fsp3) is 0.333. The molecule has 3 nitrogen and oxygen atoms in total. The van der Waals surface area contributed by atoms with Gasteiger partial charge in [-0.15, -0.1) is 0 Å². The van der Waals surface area contributed by atoms with Crippen molar-refractivity contribution in [1.82, 2.24) is 9.97 Å². The Labute approximate surface area is 122 Å². The number of rotatable bonds is 5. The topological polar surface area (TPSA) is 37.8 Å². The van der Waals surface area contributed by atoms with Gasteiger partial charge >= 0.3 is 0 Å². The molecule has 0 fully saturated rings. The second-order valence-corrected chi connectivity index (χ2v) is 5.18. The maximum absolute atomic E-state index is 4.66. The maximum Gasteiger partial charge on any atom is 0.162 e. The molecular formula is C15H18BrN3. The van der Waals surface area contributed by atoms with Gasteiger partial charge in [0.2, 0.25) is 0 Å². The molecule has 1 aromatic heterocycles. The van der Waals surface area contributed by atoms with Crippen LogP contribution in [0.4, 0.5) is 5.82 Å². The van der Waals surface area contributed by atoms with Crippen LogP contribution >= 0.6 is 15.9 Å². The Bertz CT molecular complexity index is 531. The van der Waals surface area contributed by atoms with Crippen molar-refractivity contribution < 1.29 is 0 Å². The van der Waals surface area contributed by atoms with E-state index in [9.17, 15) is 0 Å². The van der Waals surface area contributed by atoms with E-state index in [1.54, 1.807) is 0 Å². The first kappa shape index (κ1) is 14.0. The number of anilines is 1. The molecule has 4 heteroatoms. The van der Waals surface area contributed by atoms with Crippen molar-refractivity contribution in [2.24, 2.45) is 0 Å². The summed E-state index contributed by atoms with van der Waals surface area (Å²) in [6.07, 6.45) is 2.05. The molecule has 0 aliphatic rings. The number of aromatic nitrogens is 2. The minimum atomic E-state index is 0.773. The first-order valence-corrected chi connectivity index (χ1v) is 7.40. The molecule has 0 saturated heterocycles. The Balaban J connectivity index is 2.46.